The summed E-state index contributed by atoms with van der Waals surface area (Å²) >= 11 is 0. The Morgan fingerprint density at radius 3 is 2.76 bits per heavy atom. The number of anilines is 1. The van der Waals surface area contributed by atoms with Gasteiger partial charge < -0.3 is 19.2 Å². The van der Waals surface area contributed by atoms with Crippen molar-refractivity contribution in [2.75, 3.05) is 12.4 Å². The molecular formula is C21H17N3O5. The summed E-state index contributed by atoms with van der Waals surface area (Å²) in [4.78, 5) is 24.5. The Balaban J connectivity index is 1.51. The molecule has 0 radical (unpaired) electrons. The number of rotatable bonds is 6. The number of fused-ring (bicyclic) bond motifs is 1. The topological polar surface area (TPSA) is 106 Å². The molecule has 0 atom stereocenters. The highest BCUT2D eigenvalue weighted by atomic mass is 16.5. The third-order valence-corrected chi connectivity index (χ3v) is 4.29. The first-order chi connectivity index (χ1) is 14.2. The first kappa shape index (κ1) is 18.3. The van der Waals surface area contributed by atoms with Crippen molar-refractivity contribution in [1.82, 2.24) is 10.2 Å². The zero-order chi connectivity index (χ0) is 20.2. The van der Waals surface area contributed by atoms with Crippen LogP contribution in [0.4, 0.5) is 5.69 Å². The van der Waals surface area contributed by atoms with Crippen molar-refractivity contribution in [1.29, 1.82) is 0 Å². The molecule has 1 amide bonds. The highest BCUT2D eigenvalue weighted by molar-refractivity contribution is 6.06. The van der Waals surface area contributed by atoms with Crippen molar-refractivity contribution in [2.45, 2.75) is 6.61 Å². The van der Waals surface area contributed by atoms with Crippen LogP contribution in [-0.2, 0) is 11.3 Å². The second-order valence-corrected chi connectivity index (χ2v) is 6.15. The number of nitrogens with zero attached hydrogens (tertiary/aromatic N) is 1. The molecule has 0 unspecified atom stereocenters. The molecule has 0 saturated heterocycles. The van der Waals surface area contributed by atoms with Crippen molar-refractivity contribution >= 4 is 28.5 Å². The van der Waals surface area contributed by atoms with Crippen LogP contribution in [0.1, 0.15) is 26.6 Å². The van der Waals surface area contributed by atoms with E-state index in [0.29, 0.717) is 27.9 Å². The lowest BCUT2D eigenvalue weighted by Crippen LogP contribution is -2.13. The number of carbonyl (C=O) groups is 2. The first-order valence-corrected chi connectivity index (χ1v) is 8.77. The van der Waals surface area contributed by atoms with Crippen molar-refractivity contribution in [3.63, 3.8) is 0 Å². The molecule has 2 N–H and O–H groups in total. The van der Waals surface area contributed by atoms with Crippen LogP contribution in [0.2, 0.25) is 0 Å². The third kappa shape index (κ3) is 3.81. The van der Waals surface area contributed by atoms with E-state index < -0.39 is 11.9 Å². The second kappa shape index (κ2) is 7.89. The fraction of sp³-hybridized carbons (Fsp3) is 0.0952. The van der Waals surface area contributed by atoms with Crippen molar-refractivity contribution in [2.24, 2.45) is 0 Å². The Hall–Kier alpha value is -4.07. The summed E-state index contributed by atoms with van der Waals surface area (Å²) in [7, 11) is 1.28. The minimum absolute atomic E-state index is 0.147. The lowest BCUT2D eigenvalue weighted by molar-refractivity contribution is 0.0596. The highest BCUT2D eigenvalue weighted by Gasteiger charge is 2.18. The molecular weight excluding hydrogens is 374 g/mol. The van der Waals surface area contributed by atoms with E-state index in [2.05, 4.69) is 15.5 Å². The van der Waals surface area contributed by atoms with E-state index in [-0.39, 0.29) is 18.1 Å². The molecule has 0 aliphatic heterocycles. The molecule has 0 spiro atoms. The second-order valence-electron chi connectivity index (χ2n) is 6.15. The number of methoxy groups -OCH3 is 1. The van der Waals surface area contributed by atoms with Gasteiger partial charge in [0.1, 0.15) is 12.4 Å². The van der Waals surface area contributed by atoms with Gasteiger partial charge in [-0.2, -0.15) is 5.10 Å². The molecule has 0 aliphatic carbocycles. The van der Waals surface area contributed by atoms with Crippen LogP contribution < -0.4 is 10.1 Å². The summed E-state index contributed by atoms with van der Waals surface area (Å²) in [5, 5.41) is 10.0. The molecule has 2 heterocycles. The SMILES string of the molecule is COC(=O)c1n[nH]c2ccc(NC(=O)c3occc3COc3ccccc3)cc12. The van der Waals surface area contributed by atoms with Crippen LogP contribution in [0.3, 0.4) is 0 Å². The number of benzene rings is 2. The summed E-state index contributed by atoms with van der Waals surface area (Å²) in [6.07, 6.45) is 1.44. The van der Waals surface area contributed by atoms with Crippen LogP contribution in [-0.4, -0.2) is 29.2 Å². The van der Waals surface area contributed by atoms with Crippen LogP contribution in [0, 0.1) is 0 Å². The number of carbonyl (C=O) groups excluding carboxylic acids is 2. The van der Waals surface area contributed by atoms with Crippen LogP contribution in [0.5, 0.6) is 5.75 Å². The summed E-state index contributed by atoms with van der Waals surface area (Å²) in [5.41, 5.74) is 1.90. The maximum absolute atomic E-state index is 12.7. The van der Waals surface area contributed by atoms with Gasteiger partial charge in [-0.25, -0.2) is 4.79 Å². The van der Waals surface area contributed by atoms with Gasteiger partial charge in [0.15, 0.2) is 11.5 Å². The summed E-state index contributed by atoms with van der Waals surface area (Å²) in [6.45, 7) is 0.191. The summed E-state index contributed by atoms with van der Waals surface area (Å²) in [5.74, 6) is -0.141. The van der Waals surface area contributed by atoms with E-state index >= 15 is 0 Å². The number of ether oxygens (including phenoxy) is 2. The number of aromatic amines is 1. The van der Waals surface area contributed by atoms with Gasteiger partial charge in [-0.05, 0) is 36.4 Å². The van der Waals surface area contributed by atoms with E-state index in [1.807, 2.05) is 30.3 Å². The Morgan fingerprint density at radius 1 is 1.14 bits per heavy atom. The standard InChI is InChI=1S/C21H17N3O5/c1-27-21(26)18-16-11-14(7-8-17(16)23-24-18)22-20(25)19-13(9-10-28-19)12-29-15-5-3-2-4-6-15/h2-11H,12H2,1H3,(H,22,25)(H,23,24). The number of aromatic nitrogens is 2. The zero-order valence-electron chi connectivity index (χ0n) is 15.5. The summed E-state index contributed by atoms with van der Waals surface area (Å²) in [6, 6.07) is 16.0. The van der Waals surface area contributed by atoms with Crippen LogP contribution in [0.25, 0.3) is 10.9 Å². The molecule has 2 aromatic carbocycles. The molecule has 29 heavy (non-hydrogen) atoms. The number of H-pyrrole nitrogens is 1. The maximum Gasteiger partial charge on any atom is 0.359 e. The normalized spacial score (nSPS) is 10.7. The minimum Gasteiger partial charge on any atom is -0.489 e. The molecule has 8 nitrogen and oxygen atoms in total. The Morgan fingerprint density at radius 2 is 1.97 bits per heavy atom. The van der Waals surface area contributed by atoms with Crippen LogP contribution >= 0.6 is 0 Å². The first-order valence-electron chi connectivity index (χ1n) is 8.77. The van der Waals surface area contributed by atoms with Gasteiger partial charge in [0.05, 0.1) is 18.9 Å². The molecule has 0 aliphatic rings. The number of hydrogen-bond acceptors (Lipinski definition) is 6. The Kier molecular flexibility index (Phi) is 4.98. The van der Waals surface area contributed by atoms with Gasteiger partial charge in [-0.15, -0.1) is 0 Å². The van der Waals surface area contributed by atoms with E-state index in [4.69, 9.17) is 13.9 Å². The average molecular weight is 391 g/mol. The van der Waals surface area contributed by atoms with Gasteiger partial charge >= 0.3 is 5.97 Å². The quantitative estimate of drug-likeness (QED) is 0.485. The molecule has 0 bridgehead atoms. The number of esters is 1. The van der Waals surface area contributed by atoms with Crippen molar-refractivity contribution in [3.8, 4) is 5.75 Å². The lowest BCUT2D eigenvalue weighted by Gasteiger charge is -2.07. The minimum atomic E-state index is -0.564. The monoisotopic (exact) mass is 391 g/mol. The van der Waals surface area contributed by atoms with Gasteiger partial charge in [-0.3, -0.25) is 9.89 Å². The smallest absolute Gasteiger partial charge is 0.359 e. The lowest BCUT2D eigenvalue weighted by atomic mass is 10.2. The number of amides is 1. The van der Waals surface area contributed by atoms with Crippen LogP contribution in [0.15, 0.2) is 65.3 Å². The van der Waals surface area contributed by atoms with E-state index in [1.165, 1.54) is 13.4 Å². The highest BCUT2D eigenvalue weighted by Crippen LogP contribution is 2.23. The van der Waals surface area contributed by atoms with Crippen molar-refractivity contribution in [3.05, 3.63) is 77.9 Å². The van der Waals surface area contributed by atoms with Gasteiger partial charge in [0.2, 0.25) is 0 Å². The maximum atomic E-state index is 12.7. The molecule has 8 heteroatoms. The predicted molar refractivity (Wildman–Crippen MR) is 105 cm³/mol. The molecule has 4 aromatic rings. The van der Waals surface area contributed by atoms with Gasteiger partial charge in [-0.1, -0.05) is 18.2 Å². The van der Waals surface area contributed by atoms with E-state index in [9.17, 15) is 9.59 Å². The number of furan rings is 1. The fourth-order valence-corrected chi connectivity index (χ4v) is 2.86. The zero-order valence-corrected chi connectivity index (χ0v) is 15.5. The average Bonchev–Trinajstić information content (AvgIpc) is 3.39. The number of para-hydroxylation sites is 1. The van der Waals surface area contributed by atoms with Gasteiger partial charge in [0, 0.05) is 16.6 Å². The Labute approximate surface area is 165 Å². The molecule has 146 valence electrons. The fourth-order valence-electron chi connectivity index (χ4n) is 2.86. The molecule has 2 aromatic heterocycles. The third-order valence-electron chi connectivity index (χ3n) is 4.29. The van der Waals surface area contributed by atoms with Gasteiger partial charge in [0.25, 0.3) is 5.91 Å². The summed E-state index contributed by atoms with van der Waals surface area (Å²) < 4.78 is 15.8. The van der Waals surface area contributed by atoms with Crippen molar-refractivity contribution < 1.29 is 23.5 Å². The predicted octanol–water partition coefficient (Wildman–Crippen LogP) is 3.77. The largest absolute Gasteiger partial charge is 0.489 e. The van der Waals surface area contributed by atoms with E-state index in [0.717, 1.165) is 0 Å². The van der Waals surface area contributed by atoms with E-state index in [1.54, 1.807) is 24.3 Å². The molecule has 0 fully saturated rings. The molecule has 0 saturated carbocycles. The Bertz CT molecular complexity index is 1160. The molecule has 4 rings (SSSR count). The number of hydrogen-bond donors (Lipinski definition) is 2. The number of nitrogens with one attached hydrogen (secondary N) is 2.